The van der Waals surface area contributed by atoms with Crippen LogP contribution >= 0.6 is 0 Å². The second-order valence-electron chi connectivity index (χ2n) is 8.73. The Kier molecular flexibility index (Phi) is 6.45. The maximum absolute atomic E-state index is 15.2. The highest BCUT2D eigenvalue weighted by Gasteiger charge is 2.24. The van der Waals surface area contributed by atoms with Crippen LogP contribution in [0.25, 0.3) is 33.5 Å². The molecule has 38 heavy (non-hydrogen) atoms. The number of nitrogens with zero attached hydrogens (tertiary/aromatic N) is 3. The van der Waals surface area contributed by atoms with Crippen LogP contribution in [0.15, 0.2) is 76.2 Å². The molecule has 9 nitrogen and oxygen atoms in total. The highest BCUT2D eigenvalue weighted by molar-refractivity contribution is 7.90. The van der Waals surface area contributed by atoms with Gasteiger partial charge in [-0.1, -0.05) is 35.8 Å². The van der Waals surface area contributed by atoms with Crippen molar-refractivity contribution < 1.29 is 27.1 Å². The maximum Gasteiger partial charge on any atom is 0.335 e. The van der Waals surface area contributed by atoms with Crippen molar-refractivity contribution in [3.8, 4) is 22.6 Å². The fraction of sp³-hybridized carbons (Fsp3) is 0.148. The largest absolute Gasteiger partial charge is 0.478 e. The monoisotopic (exact) mass is 534 g/mol. The average molecular weight is 535 g/mol. The standard InChI is InChI=1S/C27H23FN4O5S/c1-3-12-29-27-31-30-25(37-27)17-7-11-24-21(13-17)22(20-10-6-18(26(33)34)14-23(20)28)15-32(24)38(35,36)19-8-4-16(2)5-9-19/h4-11,13-15H,3,12H2,1-2H3,(H,29,31)(H,33,34). The Labute approximate surface area is 217 Å². The summed E-state index contributed by atoms with van der Waals surface area (Å²) < 4.78 is 49.2. The molecule has 0 fully saturated rings. The van der Waals surface area contributed by atoms with Gasteiger partial charge >= 0.3 is 12.0 Å². The van der Waals surface area contributed by atoms with Gasteiger partial charge in [0.25, 0.3) is 10.0 Å². The maximum atomic E-state index is 15.2. The lowest BCUT2D eigenvalue weighted by Crippen LogP contribution is -2.11. The number of fused-ring (bicyclic) bond motifs is 1. The Morgan fingerprint density at radius 3 is 2.50 bits per heavy atom. The van der Waals surface area contributed by atoms with Gasteiger partial charge in [0, 0.05) is 34.8 Å². The van der Waals surface area contributed by atoms with Crippen LogP contribution in [0.1, 0.15) is 29.3 Å². The summed E-state index contributed by atoms with van der Waals surface area (Å²) in [6, 6.07) is 15.0. The third-order valence-corrected chi connectivity index (χ3v) is 7.74. The van der Waals surface area contributed by atoms with Gasteiger partial charge in [-0.05, 0) is 55.8 Å². The van der Waals surface area contributed by atoms with Crippen LogP contribution in [-0.4, -0.2) is 40.2 Å². The molecule has 0 saturated heterocycles. The first-order valence-electron chi connectivity index (χ1n) is 11.8. The topological polar surface area (TPSA) is 127 Å². The zero-order valence-corrected chi connectivity index (χ0v) is 21.3. The van der Waals surface area contributed by atoms with Crippen molar-refractivity contribution in [1.29, 1.82) is 0 Å². The summed E-state index contributed by atoms with van der Waals surface area (Å²) in [5.74, 6) is -1.87. The summed E-state index contributed by atoms with van der Waals surface area (Å²) in [4.78, 5) is 11.4. The number of aryl methyl sites for hydroxylation is 1. The molecule has 0 amide bonds. The molecule has 0 bridgehead atoms. The Morgan fingerprint density at radius 2 is 1.82 bits per heavy atom. The molecule has 11 heteroatoms. The minimum absolute atomic E-state index is 0.0471. The Morgan fingerprint density at radius 1 is 1.05 bits per heavy atom. The van der Waals surface area contributed by atoms with Gasteiger partial charge in [0.1, 0.15) is 5.82 Å². The van der Waals surface area contributed by atoms with Crippen LogP contribution in [0.2, 0.25) is 0 Å². The van der Waals surface area contributed by atoms with E-state index in [1.54, 1.807) is 30.3 Å². The molecule has 0 aliphatic rings. The van der Waals surface area contributed by atoms with Gasteiger partial charge in [0.15, 0.2) is 0 Å². The molecule has 0 spiro atoms. The lowest BCUT2D eigenvalue weighted by atomic mass is 10.0. The molecule has 3 aromatic carbocycles. The number of anilines is 1. The molecule has 0 saturated carbocycles. The number of aromatic nitrogens is 3. The number of carbonyl (C=O) groups is 1. The van der Waals surface area contributed by atoms with Crippen molar-refractivity contribution in [2.75, 3.05) is 11.9 Å². The highest BCUT2D eigenvalue weighted by atomic mass is 32.2. The normalized spacial score (nSPS) is 11.7. The molecule has 5 rings (SSSR count). The number of carboxylic acids is 1. The predicted octanol–water partition coefficient (Wildman–Crippen LogP) is 5.56. The number of benzene rings is 3. The molecule has 2 heterocycles. The van der Waals surface area contributed by atoms with E-state index >= 15 is 4.39 Å². The van der Waals surface area contributed by atoms with Gasteiger partial charge in [-0.2, -0.15) is 0 Å². The molecule has 0 radical (unpaired) electrons. The van der Waals surface area contributed by atoms with Crippen LogP contribution in [0.4, 0.5) is 10.4 Å². The van der Waals surface area contributed by atoms with Crippen LogP contribution in [-0.2, 0) is 10.0 Å². The zero-order valence-electron chi connectivity index (χ0n) is 20.5. The van der Waals surface area contributed by atoms with E-state index in [0.717, 1.165) is 22.0 Å². The third kappa shape index (κ3) is 4.52. The lowest BCUT2D eigenvalue weighted by molar-refractivity contribution is 0.0696. The van der Waals surface area contributed by atoms with Gasteiger partial charge in [0.2, 0.25) is 5.89 Å². The number of halogens is 1. The molecule has 5 aromatic rings. The number of carboxylic acid groups (broad SMARTS) is 1. The summed E-state index contributed by atoms with van der Waals surface area (Å²) in [7, 11) is -4.05. The van der Waals surface area contributed by atoms with Crippen LogP contribution in [0.5, 0.6) is 0 Å². The van der Waals surface area contributed by atoms with Gasteiger partial charge in [-0.25, -0.2) is 21.6 Å². The second kappa shape index (κ2) is 9.75. The first kappa shape index (κ1) is 25.2. The summed E-state index contributed by atoms with van der Waals surface area (Å²) in [6.45, 7) is 4.50. The summed E-state index contributed by atoms with van der Waals surface area (Å²) in [5, 5.41) is 20.7. The number of hydrogen-bond donors (Lipinski definition) is 2. The molecule has 0 atom stereocenters. The fourth-order valence-corrected chi connectivity index (χ4v) is 5.45. The Balaban J connectivity index is 1.71. The molecule has 2 aromatic heterocycles. The Hall–Kier alpha value is -4.51. The lowest BCUT2D eigenvalue weighted by Gasteiger charge is -2.08. The molecule has 0 unspecified atom stereocenters. The number of aromatic carboxylic acids is 1. The van der Waals surface area contributed by atoms with Crippen LogP contribution in [0, 0.1) is 12.7 Å². The first-order valence-corrected chi connectivity index (χ1v) is 13.2. The van der Waals surface area contributed by atoms with Crippen molar-refractivity contribution >= 4 is 32.9 Å². The SMILES string of the molecule is CCCNc1nnc(-c2ccc3c(c2)c(-c2ccc(C(=O)O)cc2F)cn3S(=O)(=O)c2ccc(C)cc2)o1. The van der Waals surface area contributed by atoms with E-state index in [1.165, 1.54) is 30.5 Å². The summed E-state index contributed by atoms with van der Waals surface area (Å²) in [5.41, 5.74) is 1.79. The minimum atomic E-state index is -4.05. The van der Waals surface area contributed by atoms with E-state index in [4.69, 9.17) is 4.42 Å². The molecular formula is C27H23FN4O5S. The first-order chi connectivity index (χ1) is 18.2. The number of rotatable bonds is 8. The van der Waals surface area contributed by atoms with Gasteiger partial charge < -0.3 is 14.8 Å². The van der Waals surface area contributed by atoms with Crippen LogP contribution < -0.4 is 5.32 Å². The Bertz CT molecular complexity index is 1780. The summed E-state index contributed by atoms with van der Waals surface area (Å²) >= 11 is 0. The van der Waals surface area contributed by atoms with E-state index in [9.17, 15) is 18.3 Å². The van der Waals surface area contributed by atoms with E-state index in [2.05, 4.69) is 15.5 Å². The van der Waals surface area contributed by atoms with Crippen molar-refractivity contribution in [1.82, 2.24) is 14.2 Å². The smallest absolute Gasteiger partial charge is 0.335 e. The molecule has 0 aliphatic carbocycles. The highest BCUT2D eigenvalue weighted by Crippen LogP contribution is 2.37. The second-order valence-corrected chi connectivity index (χ2v) is 10.5. The zero-order chi connectivity index (χ0) is 27.0. The van der Waals surface area contributed by atoms with Crippen molar-refractivity contribution in [2.45, 2.75) is 25.2 Å². The van der Waals surface area contributed by atoms with Gasteiger partial charge in [0.05, 0.1) is 16.0 Å². The molecule has 0 aliphatic heterocycles. The number of hydrogen-bond acceptors (Lipinski definition) is 7. The van der Waals surface area contributed by atoms with Gasteiger partial charge in [-0.15, -0.1) is 5.10 Å². The van der Waals surface area contributed by atoms with Crippen molar-refractivity contribution in [3.05, 3.63) is 83.8 Å². The summed E-state index contributed by atoms with van der Waals surface area (Å²) in [6.07, 6.45) is 2.20. The van der Waals surface area contributed by atoms with Crippen molar-refractivity contribution in [3.63, 3.8) is 0 Å². The third-order valence-electron chi connectivity index (χ3n) is 6.05. The minimum Gasteiger partial charge on any atom is -0.478 e. The molecular weight excluding hydrogens is 511 g/mol. The fourth-order valence-electron chi connectivity index (χ4n) is 4.08. The molecule has 2 N–H and O–H groups in total. The van der Waals surface area contributed by atoms with Crippen molar-refractivity contribution in [2.24, 2.45) is 0 Å². The van der Waals surface area contributed by atoms with E-state index in [-0.39, 0.29) is 33.5 Å². The average Bonchev–Trinajstić information content (AvgIpc) is 3.52. The predicted molar refractivity (Wildman–Crippen MR) is 140 cm³/mol. The number of nitrogens with one attached hydrogen (secondary N) is 1. The van der Waals surface area contributed by atoms with E-state index in [0.29, 0.717) is 23.0 Å². The van der Waals surface area contributed by atoms with Gasteiger partial charge in [-0.3, -0.25) is 0 Å². The van der Waals surface area contributed by atoms with Crippen LogP contribution in [0.3, 0.4) is 0 Å². The van der Waals surface area contributed by atoms with E-state index < -0.39 is 21.8 Å². The van der Waals surface area contributed by atoms with E-state index in [1.807, 2.05) is 13.8 Å². The quantitative estimate of drug-likeness (QED) is 0.265. The molecule has 194 valence electrons.